The highest BCUT2D eigenvalue weighted by atomic mass is 35.7. The third-order valence-corrected chi connectivity index (χ3v) is 4.36. The van der Waals surface area contributed by atoms with Crippen molar-refractivity contribution >= 4 is 17.7 Å². The van der Waals surface area contributed by atoms with Crippen LogP contribution in [-0.4, -0.2) is 44.3 Å². The number of amides is 2. The molecular formula is C14H16ClN3O8. The van der Waals surface area contributed by atoms with Crippen LogP contribution in [0.4, 0.5) is 10.5 Å². The van der Waals surface area contributed by atoms with Crippen molar-refractivity contribution in [3.63, 3.8) is 0 Å². The molecule has 0 spiro atoms. The summed E-state index contributed by atoms with van der Waals surface area (Å²) in [6, 6.07) is 5.17. The molecule has 0 saturated carbocycles. The Bertz CT molecular complexity index is 694. The number of hydrogen-bond acceptors (Lipinski definition) is 9. The van der Waals surface area contributed by atoms with Crippen LogP contribution in [0.5, 0.6) is 0 Å². The molecular weight excluding hydrogens is 374 g/mol. The van der Waals surface area contributed by atoms with Gasteiger partial charge in [0, 0.05) is 24.3 Å². The first-order valence-electron chi connectivity index (χ1n) is 7.57. The molecule has 26 heavy (non-hydrogen) atoms. The van der Waals surface area contributed by atoms with E-state index >= 15 is 0 Å². The van der Waals surface area contributed by atoms with E-state index in [1.807, 2.05) is 0 Å². The molecule has 2 amide bonds. The summed E-state index contributed by atoms with van der Waals surface area (Å²) in [6.45, 7) is 0.393. The molecule has 2 aliphatic heterocycles. The van der Waals surface area contributed by atoms with Crippen molar-refractivity contribution in [2.75, 3.05) is 31.2 Å². The Labute approximate surface area is 149 Å². The lowest BCUT2D eigenvalue weighted by Crippen LogP contribution is -2.67. The van der Waals surface area contributed by atoms with Crippen molar-refractivity contribution in [1.82, 2.24) is 5.32 Å². The number of nitrogens with two attached hydrogens (primary N) is 1. The summed E-state index contributed by atoms with van der Waals surface area (Å²) in [6.07, 6.45) is -0.577. The minimum absolute atomic E-state index is 0.0257. The maximum absolute atomic E-state index is 12.2. The minimum atomic E-state index is -4.95. The van der Waals surface area contributed by atoms with Crippen LogP contribution in [0.2, 0.25) is 0 Å². The maximum atomic E-state index is 12.2. The fourth-order valence-electron chi connectivity index (χ4n) is 2.78. The summed E-state index contributed by atoms with van der Waals surface area (Å²) < 4.78 is 47.8. The molecule has 1 aromatic rings. The van der Waals surface area contributed by atoms with E-state index in [9.17, 15) is 23.6 Å². The predicted molar refractivity (Wildman–Crippen MR) is 74.8 cm³/mol. The van der Waals surface area contributed by atoms with Crippen LogP contribution >= 0.6 is 0 Å². The largest absolute Gasteiger partial charge is 0.447 e. The Balaban J connectivity index is 1.94. The summed E-state index contributed by atoms with van der Waals surface area (Å²) in [5.41, 5.74) is 6.00. The number of anilines is 1. The number of benzene rings is 1. The van der Waals surface area contributed by atoms with Crippen molar-refractivity contribution in [1.29, 1.82) is 0 Å². The van der Waals surface area contributed by atoms with Gasteiger partial charge in [-0.3, -0.25) is 9.69 Å². The van der Waals surface area contributed by atoms with Crippen LogP contribution in [0.1, 0.15) is 5.56 Å². The molecule has 2 heterocycles. The number of rotatable bonds is 5. The molecule has 0 radical (unpaired) electrons. The van der Waals surface area contributed by atoms with Crippen LogP contribution in [0.25, 0.3) is 0 Å². The summed E-state index contributed by atoms with van der Waals surface area (Å²) in [5, 5.41) is 2.39. The van der Waals surface area contributed by atoms with Crippen LogP contribution in [0, 0.1) is 10.2 Å². The zero-order valence-electron chi connectivity index (χ0n) is 13.4. The second-order valence-electron chi connectivity index (χ2n) is 5.56. The minimum Gasteiger partial charge on any atom is -0.447 e. The second-order valence-corrected chi connectivity index (χ2v) is 6.47. The Kier molecular flexibility index (Phi) is 5.03. The third-order valence-electron chi connectivity index (χ3n) is 3.95. The van der Waals surface area contributed by atoms with E-state index in [-0.39, 0.29) is 37.9 Å². The number of carbonyl (C=O) groups is 2. The van der Waals surface area contributed by atoms with Crippen LogP contribution in [0.3, 0.4) is 0 Å². The Hall–Kier alpha value is -1.99. The van der Waals surface area contributed by atoms with Crippen LogP contribution < -0.4 is 29.9 Å². The van der Waals surface area contributed by atoms with E-state index in [1.54, 1.807) is 0 Å². The number of carbonyl (C=O) groups excluding carboxylic acids is 2. The SMILES string of the molecule is NC[C@H]1COC(=O)N1c1ccc(C2(O[Cl+3]([O-])([O-])[O-])OCCNC2=O)cc1. The van der Waals surface area contributed by atoms with Gasteiger partial charge in [0.2, 0.25) is 0 Å². The molecule has 0 aliphatic carbocycles. The van der Waals surface area contributed by atoms with Gasteiger partial charge in [0.05, 0.1) is 22.9 Å². The summed E-state index contributed by atoms with van der Waals surface area (Å²) >= 11 is 0. The highest BCUT2D eigenvalue weighted by Crippen LogP contribution is 2.33. The van der Waals surface area contributed by atoms with Crippen LogP contribution in [0.15, 0.2) is 24.3 Å². The predicted octanol–water partition coefficient (Wildman–Crippen LogP) is -3.82. The van der Waals surface area contributed by atoms with Gasteiger partial charge in [0.1, 0.15) is 10.9 Å². The number of halogens is 1. The Morgan fingerprint density at radius 3 is 2.58 bits per heavy atom. The van der Waals surface area contributed by atoms with Gasteiger partial charge in [-0.25, -0.2) is 4.79 Å². The molecule has 11 nitrogen and oxygen atoms in total. The average molecular weight is 390 g/mol. The van der Waals surface area contributed by atoms with Gasteiger partial charge in [-0.05, 0) is 12.1 Å². The lowest BCUT2D eigenvalue weighted by atomic mass is 10.0. The van der Waals surface area contributed by atoms with Crippen molar-refractivity contribution in [2.45, 2.75) is 11.8 Å². The number of cyclic esters (lactones) is 1. The Morgan fingerprint density at radius 2 is 2.00 bits per heavy atom. The van der Waals surface area contributed by atoms with Gasteiger partial charge in [0.25, 0.3) is 0 Å². The Morgan fingerprint density at radius 1 is 1.31 bits per heavy atom. The van der Waals surface area contributed by atoms with E-state index in [0.29, 0.717) is 5.69 Å². The molecule has 2 fully saturated rings. The lowest BCUT2D eigenvalue weighted by Gasteiger charge is -2.32. The van der Waals surface area contributed by atoms with E-state index < -0.39 is 28.0 Å². The van der Waals surface area contributed by atoms with Gasteiger partial charge >= 0.3 is 17.8 Å². The van der Waals surface area contributed by atoms with Gasteiger partial charge in [-0.2, -0.15) is 14.0 Å². The van der Waals surface area contributed by atoms with E-state index in [1.165, 1.54) is 29.2 Å². The maximum Gasteiger partial charge on any atom is 0.428 e. The van der Waals surface area contributed by atoms with Gasteiger partial charge in [0.15, 0.2) is 0 Å². The quantitative estimate of drug-likeness (QED) is 0.511. The molecule has 2 atom stereocenters. The van der Waals surface area contributed by atoms with Crippen molar-refractivity contribution in [2.24, 2.45) is 5.73 Å². The fraction of sp³-hybridized carbons (Fsp3) is 0.429. The molecule has 0 bridgehead atoms. The van der Waals surface area contributed by atoms with E-state index in [0.717, 1.165) is 0 Å². The monoisotopic (exact) mass is 389 g/mol. The van der Waals surface area contributed by atoms with Gasteiger partial charge in [-0.15, -0.1) is 0 Å². The number of nitrogens with one attached hydrogen (secondary N) is 1. The lowest BCUT2D eigenvalue weighted by molar-refractivity contribution is -1.92. The molecule has 1 aromatic carbocycles. The smallest absolute Gasteiger partial charge is 0.428 e. The molecule has 2 aliphatic rings. The molecule has 0 aromatic heterocycles. The number of morpholine rings is 1. The number of nitrogens with zero attached hydrogens (tertiary/aromatic N) is 1. The van der Waals surface area contributed by atoms with E-state index in [4.69, 9.17) is 15.2 Å². The van der Waals surface area contributed by atoms with Crippen molar-refractivity contribution in [3.05, 3.63) is 29.8 Å². The first-order chi connectivity index (χ1) is 12.3. The van der Waals surface area contributed by atoms with E-state index in [2.05, 4.69) is 9.61 Å². The first kappa shape index (κ1) is 18.8. The molecule has 2 saturated heterocycles. The normalized spacial score (nSPS) is 26.6. The average Bonchev–Trinajstić information content (AvgIpc) is 2.97. The van der Waals surface area contributed by atoms with Gasteiger partial charge in [-0.1, -0.05) is 12.1 Å². The first-order valence-corrected chi connectivity index (χ1v) is 8.80. The standard InChI is InChI=1S/C14H16ClN3O8/c16-7-11-8-24-13(20)18(11)10-3-1-9(2-4-10)14(26-15(21,22)23)12(19)17-5-6-25-14/h1-4,11H,5-8,16H2,(H,17,19)/t11-,14?/m0/s1. The highest BCUT2D eigenvalue weighted by molar-refractivity contribution is 5.90. The molecule has 142 valence electrons. The third kappa shape index (κ3) is 3.46. The topological polar surface area (TPSA) is 172 Å². The second kappa shape index (κ2) is 6.96. The fourth-order valence-corrected chi connectivity index (χ4v) is 3.25. The molecule has 1 unspecified atom stereocenters. The molecule has 12 heteroatoms. The van der Waals surface area contributed by atoms with Crippen LogP contribution in [-0.2, 0) is 24.3 Å². The van der Waals surface area contributed by atoms with Gasteiger partial charge < -0.3 is 20.5 Å². The summed E-state index contributed by atoms with van der Waals surface area (Å²) in [7, 11) is -4.95. The number of hydrogen-bond donors (Lipinski definition) is 2. The number of ether oxygens (including phenoxy) is 2. The summed E-state index contributed by atoms with van der Waals surface area (Å²) in [5.74, 6) is -3.36. The zero-order chi connectivity index (χ0) is 18.9. The van der Waals surface area contributed by atoms with Crippen molar-refractivity contribution in [3.8, 4) is 0 Å². The molecule has 3 N–H and O–H groups in total. The zero-order valence-corrected chi connectivity index (χ0v) is 14.1. The van der Waals surface area contributed by atoms with Crippen molar-refractivity contribution < 1.29 is 47.6 Å². The highest BCUT2D eigenvalue weighted by Gasteiger charge is 2.58. The summed E-state index contributed by atoms with van der Waals surface area (Å²) in [4.78, 5) is 25.4. The molecule has 3 rings (SSSR count).